The second-order valence-electron chi connectivity index (χ2n) is 7.15. The molecule has 5 nitrogen and oxygen atoms in total. The van der Waals surface area contributed by atoms with Crippen LogP contribution in [-0.4, -0.2) is 25.9 Å². The lowest BCUT2D eigenvalue weighted by Gasteiger charge is -2.16. The average Bonchev–Trinajstić information content (AvgIpc) is 3.44. The van der Waals surface area contributed by atoms with Gasteiger partial charge < -0.3 is 5.32 Å². The van der Waals surface area contributed by atoms with Crippen molar-refractivity contribution in [3.63, 3.8) is 0 Å². The third-order valence-electron chi connectivity index (χ3n) is 4.78. The smallest absolute Gasteiger partial charge is 0.325 e. The molecular formula is C23H19F3N4OS2. The lowest BCUT2D eigenvalue weighted by molar-refractivity contribution is -0.137. The number of carbonyl (C=O) groups excluding carboxylic acids is 1. The molecule has 0 radical (unpaired) electrons. The molecule has 0 aliphatic heterocycles. The number of anilines is 1. The molecule has 2 aromatic heterocycles. The average molecular weight is 489 g/mol. The predicted molar refractivity (Wildman–Crippen MR) is 124 cm³/mol. The zero-order chi connectivity index (χ0) is 23.4. The fraction of sp³-hybridized carbons (Fsp3) is 0.174. The normalized spacial score (nSPS) is 12.5. The van der Waals surface area contributed by atoms with Gasteiger partial charge >= 0.3 is 6.18 Å². The van der Waals surface area contributed by atoms with Crippen molar-refractivity contribution in [1.29, 1.82) is 0 Å². The van der Waals surface area contributed by atoms with Crippen LogP contribution in [0.3, 0.4) is 0 Å². The molecule has 4 aromatic rings. The number of benzene rings is 2. The summed E-state index contributed by atoms with van der Waals surface area (Å²) in [6, 6.07) is 18.5. The molecule has 0 aliphatic rings. The SMILES string of the molecule is CC(Sc1nnc(-c2cccs2)n1Cc1ccccc1)C(=O)Nc1ccccc1C(F)(F)F. The molecule has 0 saturated carbocycles. The fourth-order valence-corrected chi connectivity index (χ4v) is 4.72. The molecule has 0 saturated heterocycles. The molecule has 0 aliphatic carbocycles. The molecule has 4 rings (SSSR count). The van der Waals surface area contributed by atoms with Crippen molar-refractivity contribution in [1.82, 2.24) is 14.8 Å². The van der Waals surface area contributed by atoms with Crippen LogP contribution in [0.15, 0.2) is 77.3 Å². The van der Waals surface area contributed by atoms with Crippen LogP contribution >= 0.6 is 23.1 Å². The number of alkyl halides is 3. The van der Waals surface area contributed by atoms with Crippen LogP contribution < -0.4 is 5.32 Å². The lowest BCUT2D eigenvalue weighted by Crippen LogP contribution is -2.24. The highest BCUT2D eigenvalue weighted by atomic mass is 32.2. The minimum Gasteiger partial charge on any atom is -0.325 e. The van der Waals surface area contributed by atoms with Gasteiger partial charge in [0.25, 0.3) is 0 Å². The molecule has 33 heavy (non-hydrogen) atoms. The molecular weight excluding hydrogens is 469 g/mol. The fourth-order valence-electron chi connectivity index (χ4n) is 3.16. The molecule has 0 spiro atoms. The minimum absolute atomic E-state index is 0.271. The van der Waals surface area contributed by atoms with Crippen molar-refractivity contribution in [2.75, 3.05) is 5.32 Å². The van der Waals surface area contributed by atoms with E-state index in [-0.39, 0.29) is 5.69 Å². The van der Waals surface area contributed by atoms with Crippen LogP contribution in [0.25, 0.3) is 10.7 Å². The Morgan fingerprint density at radius 3 is 2.48 bits per heavy atom. The van der Waals surface area contributed by atoms with Gasteiger partial charge in [-0.3, -0.25) is 9.36 Å². The Bertz CT molecular complexity index is 1220. The summed E-state index contributed by atoms with van der Waals surface area (Å²) >= 11 is 2.68. The second-order valence-corrected chi connectivity index (χ2v) is 9.40. The summed E-state index contributed by atoms with van der Waals surface area (Å²) < 4.78 is 41.7. The zero-order valence-corrected chi connectivity index (χ0v) is 19.0. The maximum Gasteiger partial charge on any atom is 0.418 e. The molecule has 1 atom stereocenters. The third kappa shape index (κ3) is 5.45. The number of thioether (sulfide) groups is 1. The maximum absolute atomic E-state index is 13.3. The number of halogens is 3. The molecule has 0 fully saturated rings. The molecule has 1 N–H and O–H groups in total. The first-order valence-corrected chi connectivity index (χ1v) is 11.7. The van der Waals surface area contributed by atoms with E-state index >= 15 is 0 Å². The minimum atomic E-state index is -4.56. The van der Waals surface area contributed by atoms with E-state index in [4.69, 9.17) is 0 Å². The van der Waals surface area contributed by atoms with Crippen molar-refractivity contribution in [2.45, 2.75) is 30.1 Å². The van der Waals surface area contributed by atoms with E-state index in [0.717, 1.165) is 28.3 Å². The number of para-hydroxylation sites is 1. The summed E-state index contributed by atoms with van der Waals surface area (Å²) in [7, 11) is 0. The van der Waals surface area contributed by atoms with Crippen LogP contribution in [0, 0.1) is 0 Å². The number of thiophene rings is 1. The van der Waals surface area contributed by atoms with Gasteiger partial charge in [-0.15, -0.1) is 21.5 Å². The van der Waals surface area contributed by atoms with Crippen molar-refractivity contribution in [2.24, 2.45) is 0 Å². The van der Waals surface area contributed by atoms with E-state index in [1.807, 2.05) is 52.4 Å². The van der Waals surface area contributed by atoms with E-state index in [1.165, 1.54) is 29.5 Å². The van der Waals surface area contributed by atoms with Gasteiger partial charge in [-0.2, -0.15) is 13.2 Å². The van der Waals surface area contributed by atoms with E-state index in [2.05, 4.69) is 15.5 Å². The van der Waals surface area contributed by atoms with E-state index < -0.39 is 22.9 Å². The van der Waals surface area contributed by atoms with Gasteiger partial charge in [-0.1, -0.05) is 60.3 Å². The molecule has 10 heteroatoms. The second kappa shape index (κ2) is 9.80. The molecule has 0 bridgehead atoms. The molecule has 170 valence electrons. The first-order valence-electron chi connectivity index (χ1n) is 9.97. The Hall–Kier alpha value is -3.11. The number of hydrogen-bond donors (Lipinski definition) is 1. The van der Waals surface area contributed by atoms with Crippen molar-refractivity contribution >= 4 is 34.7 Å². The molecule has 1 amide bonds. The standard InChI is InChI=1S/C23H19F3N4OS2/c1-15(21(31)27-18-11-6-5-10-17(18)23(24,25)26)33-22-29-28-20(19-12-7-13-32-19)30(22)14-16-8-3-2-4-9-16/h2-13,15H,14H2,1H3,(H,27,31). The first kappa shape index (κ1) is 23.1. The Balaban J connectivity index is 1.57. The van der Waals surface area contributed by atoms with Gasteiger partial charge in [-0.05, 0) is 36.1 Å². The number of hydrogen-bond acceptors (Lipinski definition) is 5. The van der Waals surface area contributed by atoms with Gasteiger partial charge in [-0.25, -0.2) is 0 Å². The van der Waals surface area contributed by atoms with Crippen LogP contribution in [0.2, 0.25) is 0 Å². The van der Waals surface area contributed by atoms with Gasteiger partial charge in [0.1, 0.15) is 0 Å². The Labute approximate surface area is 196 Å². The Kier molecular flexibility index (Phi) is 6.85. The summed E-state index contributed by atoms with van der Waals surface area (Å²) in [4.78, 5) is 13.7. The van der Waals surface area contributed by atoms with E-state index in [1.54, 1.807) is 6.92 Å². The highest BCUT2D eigenvalue weighted by molar-refractivity contribution is 8.00. The molecule has 1 unspecified atom stereocenters. The van der Waals surface area contributed by atoms with Gasteiger partial charge in [0.15, 0.2) is 11.0 Å². The number of carbonyl (C=O) groups is 1. The predicted octanol–water partition coefficient (Wildman–Crippen LogP) is 6.19. The van der Waals surface area contributed by atoms with Crippen LogP contribution in [0.4, 0.5) is 18.9 Å². The summed E-state index contributed by atoms with van der Waals surface area (Å²) in [5.74, 6) is 0.120. The van der Waals surface area contributed by atoms with Crippen molar-refractivity contribution in [3.05, 3.63) is 83.2 Å². The third-order valence-corrected chi connectivity index (χ3v) is 6.73. The highest BCUT2D eigenvalue weighted by Gasteiger charge is 2.34. The summed E-state index contributed by atoms with van der Waals surface area (Å²) in [6.45, 7) is 2.12. The first-order chi connectivity index (χ1) is 15.8. The molecule has 2 aromatic carbocycles. The zero-order valence-electron chi connectivity index (χ0n) is 17.4. The number of rotatable bonds is 7. The van der Waals surface area contributed by atoms with Crippen LogP contribution in [0.5, 0.6) is 0 Å². The lowest BCUT2D eigenvalue weighted by atomic mass is 10.1. The summed E-state index contributed by atoms with van der Waals surface area (Å²) in [5.41, 5.74) is -0.122. The summed E-state index contributed by atoms with van der Waals surface area (Å²) in [6.07, 6.45) is -4.56. The summed E-state index contributed by atoms with van der Waals surface area (Å²) in [5, 5.41) is 12.7. The molecule has 2 heterocycles. The quantitative estimate of drug-likeness (QED) is 0.315. The van der Waals surface area contributed by atoms with Gasteiger partial charge in [0.05, 0.1) is 27.9 Å². The van der Waals surface area contributed by atoms with Crippen molar-refractivity contribution < 1.29 is 18.0 Å². The van der Waals surface area contributed by atoms with Crippen molar-refractivity contribution in [3.8, 4) is 10.7 Å². The topological polar surface area (TPSA) is 59.8 Å². The highest BCUT2D eigenvalue weighted by Crippen LogP contribution is 2.35. The maximum atomic E-state index is 13.3. The van der Waals surface area contributed by atoms with Gasteiger partial charge in [0.2, 0.25) is 5.91 Å². The Morgan fingerprint density at radius 2 is 1.79 bits per heavy atom. The number of aromatic nitrogens is 3. The Morgan fingerprint density at radius 1 is 1.06 bits per heavy atom. The van der Waals surface area contributed by atoms with Gasteiger partial charge in [0, 0.05) is 0 Å². The monoisotopic (exact) mass is 488 g/mol. The number of amides is 1. The van der Waals surface area contributed by atoms with E-state index in [9.17, 15) is 18.0 Å². The van der Waals surface area contributed by atoms with Crippen LogP contribution in [-0.2, 0) is 17.5 Å². The largest absolute Gasteiger partial charge is 0.418 e. The number of nitrogens with one attached hydrogen (secondary N) is 1. The number of nitrogens with zero attached hydrogens (tertiary/aromatic N) is 3. The van der Waals surface area contributed by atoms with Crippen LogP contribution in [0.1, 0.15) is 18.1 Å². The van der Waals surface area contributed by atoms with E-state index in [0.29, 0.717) is 17.5 Å².